The fourth-order valence-corrected chi connectivity index (χ4v) is 2.02. The van der Waals surface area contributed by atoms with E-state index in [2.05, 4.69) is 13.0 Å². The Morgan fingerprint density at radius 1 is 1.00 bits per heavy atom. The van der Waals surface area contributed by atoms with Crippen LogP contribution in [0.5, 0.6) is 0 Å². The Balaban J connectivity index is 2.37. The molecule has 0 aliphatic carbocycles. The first-order valence-electron chi connectivity index (χ1n) is 6.06. The molecular formula is C16H17F. The van der Waals surface area contributed by atoms with Gasteiger partial charge >= 0.3 is 0 Å². The Morgan fingerprint density at radius 2 is 1.76 bits per heavy atom. The minimum absolute atomic E-state index is 0.0918. The van der Waals surface area contributed by atoms with Crippen molar-refractivity contribution in [2.75, 3.05) is 0 Å². The van der Waals surface area contributed by atoms with E-state index in [0.29, 0.717) is 0 Å². The molecule has 2 aromatic carbocycles. The molecule has 0 aliphatic rings. The second-order valence-electron chi connectivity index (χ2n) is 4.43. The van der Waals surface area contributed by atoms with Crippen molar-refractivity contribution in [1.29, 1.82) is 0 Å². The smallest absolute Gasteiger partial charge is 0.127 e. The van der Waals surface area contributed by atoms with Crippen LogP contribution < -0.4 is 0 Å². The highest BCUT2D eigenvalue weighted by molar-refractivity contribution is 5.64. The van der Waals surface area contributed by atoms with Crippen molar-refractivity contribution in [3.8, 4) is 11.1 Å². The highest BCUT2D eigenvalue weighted by atomic mass is 19.1. The van der Waals surface area contributed by atoms with E-state index in [4.69, 9.17) is 0 Å². The Bertz CT molecular complexity index is 515. The highest BCUT2D eigenvalue weighted by Gasteiger charge is 2.04. The lowest BCUT2D eigenvalue weighted by Crippen LogP contribution is -1.90. The molecule has 0 heterocycles. The molecule has 1 heteroatoms. The predicted molar refractivity (Wildman–Crippen MR) is 70.6 cm³/mol. The van der Waals surface area contributed by atoms with E-state index in [9.17, 15) is 4.39 Å². The van der Waals surface area contributed by atoms with Crippen LogP contribution in [0.3, 0.4) is 0 Å². The van der Waals surface area contributed by atoms with Crippen LogP contribution in [-0.4, -0.2) is 0 Å². The number of halogens is 1. The van der Waals surface area contributed by atoms with E-state index in [0.717, 1.165) is 29.5 Å². The third-order valence-electron chi connectivity index (χ3n) is 2.92. The number of benzene rings is 2. The summed E-state index contributed by atoms with van der Waals surface area (Å²) in [4.78, 5) is 0. The summed E-state index contributed by atoms with van der Waals surface area (Å²) in [6.07, 6.45) is 1.78. The van der Waals surface area contributed by atoms with Gasteiger partial charge in [-0.2, -0.15) is 0 Å². The first-order chi connectivity index (χ1) is 8.20. The van der Waals surface area contributed by atoms with Crippen molar-refractivity contribution >= 4 is 0 Å². The molecule has 0 atom stereocenters. The maximum absolute atomic E-state index is 13.8. The fraction of sp³-hybridized carbons (Fsp3) is 0.250. The number of hydrogen-bond donors (Lipinski definition) is 0. The maximum atomic E-state index is 13.8. The molecule has 0 spiro atoms. The standard InChI is InChI=1S/C16H17F/c1-3-5-13-8-9-15(11-16(13)17)14-7-4-6-12(2)10-14/h4,6-11H,3,5H2,1-2H3. The van der Waals surface area contributed by atoms with Crippen molar-refractivity contribution in [1.82, 2.24) is 0 Å². The quantitative estimate of drug-likeness (QED) is 0.711. The fourth-order valence-electron chi connectivity index (χ4n) is 2.02. The summed E-state index contributed by atoms with van der Waals surface area (Å²) in [6, 6.07) is 13.7. The molecule has 2 rings (SSSR count). The topological polar surface area (TPSA) is 0 Å². The molecule has 0 N–H and O–H groups in total. The predicted octanol–water partition coefficient (Wildman–Crippen LogP) is 4.75. The van der Waals surface area contributed by atoms with Crippen LogP contribution in [-0.2, 0) is 6.42 Å². The normalized spacial score (nSPS) is 10.5. The lowest BCUT2D eigenvalue weighted by atomic mass is 10.0. The van der Waals surface area contributed by atoms with Crippen molar-refractivity contribution in [3.05, 3.63) is 59.4 Å². The summed E-state index contributed by atoms with van der Waals surface area (Å²) in [5.41, 5.74) is 4.03. The third kappa shape index (κ3) is 2.73. The lowest BCUT2D eigenvalue weighted by molar-refractivity contribution is 0.608. The third-order valence-corrected chi connectivity index (χ3v) is 2.92. The maximum Gasteiger partial charge on any atom is 0.127 e. The zero-order valence-electron chi connectivity index (χ0n) is 10.3. The van der Waals surface area contributed by atoms with E-state index in [1.165, 1.54) is 5.56 Å². The first-order valence-corrected chi connectivity index (χ1v) is 6.06. The molecule has 0 saturated heterocycles. The summed E-state index contributed by atoms with van der Waals surface area (Å²) < 4.78 is 13.8. The van der Waals surface area contributed by atoms with Crippen molar-refractivity contribution < 1.29 is 4.39 Å². The van der Waals surface area contributed by atoms with Gasteiger partial charge in [-0.3, -0.25) is 0 Å². The Morgan fingerprint density at radius 3 is 2.41 bits per heavy atom. The van der Waals surface area contributed by atoms with Gasteiger partial charge in [0.15, 0.2) is 0 Å². The molecule has 88 valence electrons. The molecule has 0 unspecified atom stereocenters. The molecule has 0 aliphatic heterocycles. The molecule has 0 fully saturated rings. The van der Waals surface area contributed by atoms with Gasteiger partial charge in [-0.25, -0.2) is 4.39 Å². The summed E-state index contributed by atoms with van der Waals surface area (Å²) in [5.74, 6) is -0.0918. The van der Waals surface area contributed by atoms with Crippen LogP contribution in [0.25, 0.3) is 11.1 Å². The second kappa shape index (κ2) is 5.13. The van der Waals surface area contributed by atoms with E-state index < -0.39 is 0 Å². The summed E-state index contributed by atoms with van der Waals surface area (Å²) in [5, 5.41) is 0. The van der Waals surface area contributed by atoms with Gasteiger partial charge in [0.25, 0.3) is 0 Å². The lowest BCUT2D eigenvalue weighted by Gasteiger charge is -2.06. The average molecular weight is 228 g/mol. The minimum Gasteiger partial charge on any atom is -0.207 e. The van der Waals surface area contributed by atoms with Crippen LogP contribution >= 0.6 is 0 Å². The average Bonchev–Trinajstić information content (AvgIpc) is 2.32. The number of hydrogen-bond acceptors (Lipinski definition) is 0. The van der Waals surface area contributed by atoms with Gasteiger partial charge in [-0.1, -0.05) is 55.3 Å². The molecule has 2 aromatic rings. The van der Waals surface area contributed by atoms with E-state index in [-0.39, 0.29) is 5.82 Å². The summed E-state index contributed by atoms with van der Waals surface area (Å²) >= 11 is 0. The zero-order valence-corrected chi connectivity index (χ0v) is 10.3. The molecule has 0 amide bonds. The van der Waals surface area contributed by atoms with Crippen LogP contribution in [0.2, 0.25) is 0 Å². The Kier molecular flexibility index (Phi) is 3.58. The van der Waals surface area contributed by atoms with Crippen molar-refractivity contribution in [2.45, 2.75) is 26.7 Å². The Hall–Kier alpha value is -1.63. The molecule has 0 radical (unpaired) electrons. The van der Waals surface area contributed by atoms with Crippen LogP contribution in [0.15, 0.2) is 42.5 Å². The molecule has 0 bridgehead atoms. The van der Waals surface area contributed by atoms with E-state index in [1.807, 2.05) is 37.3 Å². The molecule has 17 heavy (non-hydrogen) atoms. The van der Waals surface area contributed by atoms with Gasteiger partial charge in [0.1, 0.15) is 5.82 Å². The van der Waals surface area contributed by atoms with Gasteiger partial charge in [-0.05, 0) is 36.1 Å². The summed E-state index contributed by atoms with van der Waals surface area (Å²) in [6.45, 7) is 4.11. The second-order valence-corrected chi connectivity index (χ2v) is 4.43. The number of aryl methyl sites for hydroxylation is 2. The SMILES string of the molecule is CCCc1ccc(-c2cccc(C)c2)cc1F. The van der Waals surface area contributed by atoms with Crippen molar-refractivity contribution in [2.24, 2.45) is 0 Å². The minimum atomic E-state index is -0.0918. The van der Waals surface area contributed by atoms with Crippen LogP contribution in [0, 0.1) is 12.7 Å². The largest absolute Gasteiger partial charge is 0.207 e. The van der Waals surface area contributed by atoms with E-state index >= 15 is 0 Å². The summed E-state index contributed by atoms with van der Waals surface area (Å²) in [7, 11) is 0. The highest BCUT2D eigenvalue weighted by Crippen LogP contribution is 2.23. The van der Waals surface area contributed by atoms with Gasteiger partial charge in [-0.15, -0.1) is 0 Å². The van der Waals surface area contributed by atoms with Gasteiger partial charge < -0.3 is 0 Å². The molecule has 0 aromatic heterocycles. The first kappa shape index (κ1) is 11.8. The van der Waals surface area contributed by atoms with Gasteiger partial charge in [0.2, 0.25) is 0 Å². The monoisotopic (exact) mass is 228 g/mol. The van der Waals surface area contributed by atoms with Crippen LogP contribution in [0.4, 0.5) is 4.39 Å². The van der Waals surface area contributed by atoms with Gasteiger partial charge in [0, 0.05) is 0 Å². The zero-order chi connectivity index (χ0) is 12.3. The van der Waals surface area contributed by atoms with Crippen LogP contribution in [0.1, 0.15) is 24.5 Å². The van der Waals surface area contributed by atoms with Gasteiger partial charge in [0.05, 0.1) is 0 Å². The molecular weight excluding hydrogens is 211 g/mol. The van der Waals surface area contributed by atoms with Crippen molar-refractivity contribution in [3.63, 3.8) is 0 Å². The van der Waals surface area contributed by atoms with E-state index in [1.54, 1.807) is 6.07 Å². The number of rotatable bonds is 3. The molecule has 0 saturated carbocycles. The molecule has 0 nitrogen and oxygen atoms in total. The Labute approximate surface area is 102 Å².